The molecule has 5 heteroatoms. The van der Waals surface area contributed by atoms with Crippen LogP contribution in [0, 0.1) is 6.92 Å². The first-order valence-corrected chi connectivity index (χ1v) is 11.2. The zero-order valence-electron chi connectivity index (χ0n) is 17.9. The zero-order valence-corrected chi connectivity index (χ0v) is 18.6. The molecular formula is C25H31ClN2O2. The van der Waals surface area contributed by atoms with Gasteiger partial charge >= 0.3 is 0 Å². The summed E-state index contributed by atoms with van der Waals surface area (Å²) in [5.74, 6) is -0.123. The fourth-order valence-electron chi connectivity index (χ4n) is 3.93. The van der Waals surface area contributed by atoms with E-state index in [1.807, 2.05) is 38.1 Å². The van der Waals surface area contributed by atoms with Crippen LogP contribution in [-0.2, 0) is 22.6 Å². The molecule has 0 unspecified atom stereocenters. The molecular weight excluding hydrogens is 396 g/mol. The molecule has 1 saturated carbocycles. The molecule has 1 fully saturated rings. The lowest BCUT2D eigenvalue weighted by atomic mass is 10.1. The molecule has 1 N–H and O–H groups in total. The van der Waals surface area contributed by atoms with E-state index < -0.39 is 6.04 Å². The summed E-state index contributed by atoms with van der Waals surface area (Å²) in [6.07, 6.45) is 5.34. The van der Waals surface area contributed by atoms with E-state index in [4.69, 9.17) is 11.6 Å². The molecule has 0 spiro atoms. The molecule has 0 bridgehead atoms. The molecule has 4 nitrogen and oxygen atoms in total. The fraction of sp³-hybridized carbons (Fsp3) is 0.440. The lowest BCUT2D eigenvalue weighted by Gasteiger charge is -2.30. The number of benzene rings is 2. The molecule has 3 rings (SSSR count). The maximum Gasteiger partial charge on any atom is 0.242 e. The molecule has 2 amide bonds. The predicted molar refractivity (Wildman–Crippen MR) is 121 cm³/mol. The number of nitrogens with one attached hydrogen (secondary N) is 1. The highest BCUT2D eigenvalue weighted by Gasteiger charge is 2.28. The van der Waals surface area contributed by atoms with E-state index >= 15 is 0 Å². The Hall–Kier alpha value is -2.33. The molecule has 1 aliphatic rings. The first-order chi connectivity index (χ1) is 14.4. The molecule has 1 aliphatic carbocycles. The van der Waals surface area contributed by atoms with Crippen molar-refractivity contribution in [3.05, 3.63) is 70.2 Å². The average molecular weight is 427 g/mol. The number of hydrogen-bond acceptors (Lipinski definition) is 2. The third-order valence-corrected chi connectivity index (χ3v) is 6.28. The van der Waals surface area contributed by atoms with Crippen LogP contribution in [0.3, 0.4) is 0 Å². The van der Waals surface area contributed by atoms with Crippen LogP contribution < -0.4 is 5.32 Å². The lowest BCUT2D eigenvalue weighted by Crippen LogP contribution is -2.49. The van der Waals surface area contributed by atoms with Gasteiger partial charge in [-0.3, -0.25) is 9.59 Å². The van der Waals surface area contributed by atoms with E-state index in [-0.39, 0.29) is 17.9 Å². The van der Waals surface area contributed by atoms with Gasteiger partial charge in [0.15, 0.2) is 0 Å². The second kappa shape index (κ2) is 10.6. The van der Waals surface area contributed by atoms with Crippen molar-refractivity contribution in [2.75, 3.05) is 0 Å². The van der Waals surface area contributed by atoms with Crippen LogP contribution in [0.15, 0.2) is 48.5 Å². The third-order valence-electron chi connectivity index (χ3n) is 5.92. The SMILES string of the molecule is Cc1ccc(CCC(=O)N(Cc2ccccc2Cl)[C@H](C)C(=O)NC2CCCC2)cc1. The minimum Gasteiger partial charge on any atom is -0.352 e. The van der Waals surface area contributed by atoms with E-state index in [1.165, 1.54) is 5.56 Å². The average Bonchev–Trinajstić information content (AvgIpc) is 3.25. The third kappa shape index (κ3) is 6.09. The van der Waals surface area contributed by atoms with Gasteiger partial charge in [-0.05, 0) is 50.3 Å². The molecule has 0 radical (unpaired) electrons. The number of rotatable bonds is 8. The maximum atomic E-state index is 13.2. The van der Waals surface area contributed by atoms with Crippen molar-refractivity contribution in [1.82, 2.24) is 10.2 Å². The topological polar surface area (TPSA) is 49.4 Å². The van der Waals surface area contributed by atoms with Crippen LogP contribution in [0.2, 0.25) is 5.02 Å². The number of carbonyl (C=O) groups excluding carboxylic acids is 2. The number of hydrogen-bond donors (Lipinski definition) is 1. The summed E-state index contributed by atoms with van der Waals surface area (Å²) in [7, 11) is 0. The number of nitrogens with zero attached hydrogens (tertiary/aromatic N) is 1. The number of amides is 2. The van der Waals surface area contributed by atoms with Gasteiger partial charge in [0.25, 0.3) is 0 Å². The monoisotopic (exact) mass is 426 g/mol. The molecule has 30 heavy (non-hydrogen) atoms. The van der Waals surface area contributed by atoms with Crippen molar-refractivity contribution in [3.8, 4) is 0 Å². The van der Waals surface area contributed by atoms with Gasteiger partial charge in [0.05, 0.1) is 0 Å². The van der Waals surface area contributed by atoms with Gasteiger partial charge in [0, 0.05) is 24.0 Å². The van der Waals surface area contributed by atoms with Crippen LogP contribution in [-0.4, -0.2) is 28.8 Å². The highest BCUT2D eigenvalue weighted by molar-refractivity contribution is 6.31. The summed E-state index contributed by atoms with van der Waals surface area (Å²) in [6, 6.07) is 15.4. The summed E-state index contributed by atoms with van der Waals surface area (Å²) in [5, 5.41) is 3.74. The fourth-order valence-corrected chi connectivity index (χ4v) is 4.13. The van der Waals surface area contributed by atoms with Gasteiger partial charge in [-0.1, -0.05) is 72.5 Å². The Morgan fingerprint density at radius 2 is 1.77 bits per heavy atom. The molecule has 0 heterocycles. The summed E-state index contributed by atoms with van der Waals surface area (Å²) >= 11 is 6.34. The zero-order chi connectivity index (χ0) is 21.5. The van der Waals surface area contributed by atoms with Crippen LogP contribution in [0.5, 0.6) is 0 Å². The minimum absolute atomic E-state index is 0.0374. The Morgan fingerprint density at radius 3 is 2.43 bits per heavy atom. The molecule has 2 aromatic carbocycles. The van der Waals surface area contributed by atoms with Crippen molar-refractivity contribution in [2.45, 2.75) is 71.0 Å². The standard InChI is InChI=1S/C25H31ClN2O2/c1-18-11-13-20(14-12-18)15-16-24(29)28(17-21-7-3-6-10-23(21)26)19(2)25(30)27-22-8-4-5-9-22/h3,6-7,10-14,19,22H,4-5,8-9,15-17H2,1-2H3,(H,27,30)/t19-/m1/s1. The Bertz CT molecular complexity index is 860. The van der Waals surface area contributed by atoms with Crippen LogP contribution in [0.25, 0.3) is 0 Å². The van der Waals surface area contributed by atoms with Crippen LogP contribution >= 0.6 is 11.6 Å². The van der Waals surface area contributed by atoms with Gasteiger partial charge in [0.2, 0.25) is 11.8 Å². The van der Waals surface area contributed by atoms with Gasteiger partial charge in [-0.15, -0.1) is 0 Å². The minimum atomic E-state index is -0.549. The number of aryl methyl sites for hydroxylation is 2. The van der Waals surface area contributed by atoms with E-state index in [2.05, 4.69) is 29.6 Å². The maximum absolute atomic E-state index is 13.2. The summed E-state index contributed by atoms with van der Waals surface area (Å²) < 4.78 is 0. The smallest absolute Gasteiger partial charge is 0.242 e. The second-order valence-corrected chi connectivity index (χ2v) is 8.67. The van der Waals surface area contributed by atoms with Crippen molar-refractivity contribution in [1.29, 1.82) is 0 Å². The Morgan fingerprint density at radius 1 is 1.10 bits per heavy atom. The van der Waals surface area contributed by atoms with Gasteiger partial charge in [-0.2, -0.15) is 0 Å². The summed E-state index contributed by atoms with van der Waals surface area (Å²) in [6.45, 7) is 4.18. The first kappa shape index (κ1) is 22.4. The van der Waals surface area contributed by atoms with Gasteiger partial charge in [0.1, 0.15) is 6.04 Å². The largest absolute Gasteiger partial charge is 0.352 e. The highest BCUT2D eigenvalue weighted by Crippen LogP contribution is 2.21. The Labute approximate surface area is 184 Å². The lowest BCUT2D eigenvalue weighted by molar-refractivity contribution is -0.140. The number of carbonyl (C=O) groups is 2. The predicted octanol–water partition coefficient (Wildman–Crippen LogP) is 5.06. The molecule has 160 valence electrons. The van der Waals surface area contributed by atoms with Crippen molar-refractivity contribution in [2.24, 2.45) is 0 Å². The van der Waals surface area contributed by atoms with Gasteiger partial charge in [-0.25, -0.2) is 0 Å². The van der Waals surface area contributed by atoms with Crippen molar-refractivity contribution < 1.29 is 9.59 Å². The van der Waals surface area contributed by atoms with Crippen molar-refractivity contribution in [3.63, 3.8) is 0 Å². The van der Waals surface area contributed by atoms with Crippen LogP contribution in [0.4, 0.5) is 0 Å². The van der Waals surface area contributed by atoms with E-state index in [0.717, 1.165) is 36.8 Å². The molecule has 2 aromatic rings. The molecule has 1 atom stereocenters. The second-order valence-electron chi connectivity index (χ2n) is 8.26. The Kier molecular flexibility index (Phi) is 7.92. The van der Waals surface area contributed by atoms with Gasteiger partial charge < -0.3 is 10.2 Å². The highest BCUT2D eigenvalue weighted by atomic mass is 35.5. The number of halogens is 1. The van der Waals surface area contributed by atoms with Crippen LogP contribution in [0.1, 0.15) is 55.7 Å². The molecule has 0 saturated heterocycles. The normalized spacial score (nSPS) is 15.0. The Balaban J connectivity index is 1.71. The van der Waals surface area contributed by atoms with E-state index in [9.17, 15) is 9.59 Å². The van der Waals surface area contributed by atoms with E-state index in [1.54, 1.807) is 4.90 Å². The van der Waals surface area contributed by atoms with Crippen molar-refractivity contribution >= 4 is 23.4 Å². The molecule has 0 aliphatic heterocycles. The quantitative estimate of drug-likeness (QED) is 0.641. The summed E-state index contributed by atoms with van der Waals surface area (Å²) in [5.41, 5.74) is 3.17. The first-order valence-electron chi connectivity index (χ1n) is 10.8. The van der Waals surface area contributed by atoms with E-state index in [0.29, 0.717) is 24.4 Å². The summed E-state index contributed by atoms with van der Waals surface area (Å²) in [4.78, 5) is 27.7. The molecule has 0 aromatic heterocycles.